The SMILES string of the molecule is CN=C(NCCNC(=O)c1cccnc1)NCCc1ccc(OC)cc1. The van der Waals surface area contributed by atoms with Gasteiger partial charge in [-0.25, -0.2) is 0 Å². The summed E-state index contributed by atoms with van der Waals surface area (Å²) in [5, 5.41) is 9.26. The highest BCUT2D eigenvalue weighted by atomic mass is 16.5. The monoisotopic (exact) mass is 355 g/mol. The number of ether oxygens (including phenoxy) is 1. The molecule has 7 heteroatoms. The van der Waals surface area contributed by atoms with E-state index in [2.05, 4.69) is 25.9 Å². The minimum Gasteiger partial charge on any atom is -0.497 e. The lowest BCUT2D eigenvalue weighted by Crippen LogP contribution is -2.42. The molecule has 0 radical (unpaired) electrons. The summed E-state index contributed by atoms with van der Waals surface area (Å²) in [6.45, 7) is 1.83. The largest absolute Gasteiger partial charge is 0.497 e. The highest BCUT2D eigenvalue weighted by Gasteiger charge is 2.04. The van der Waals surface area contributed by atoms with Gasteiger partial charge in [0.2, 0.25) is 0 Å². The molecule has 1 amide bonds. The molecule has 0 spiro atoms. The first-order valence-corrected chi connectivity index (χ1v) is 8.48. The van der Waals surface area contributed by atoms with E-state index in [4.69, 9.17) is 4.74 Å². The molecule has 1 aromatic carbocycles. The van der Waals surface area contributed by atoms with Gasteiger partial charge < -0.3 is 20.7 Å². The average molecular weight is 355 g/mol. The number of hydrogen-bond donors (Lipinski definition) is 3. The number of guanidine groups is 1. The normalized spacial score (nSPS) is 10.9. The summed E-state index contributed by atoms with van der Waals surface area (Å²) < 4.78 is 5.15. The summed E-state index contributed by atoms with van der Waals surface area (Å²) in [5.74, 6) is 1.42. The third-order valence-corrected chi connectivity index (χ3v) is 3.72. The van der Waals surface area contributed by atoms with Crippen LogP contribution in [0.3, 0.4) is 0 Å². The van der Waals surface area contributed by atoms with Crippen molar-refractivity contribution in [2.75, 3.05) is 33.8 Å². The quantitative estimate of drug-likeness (QED) is 0.377. The Labute approximate surface area is 153 Å². The number of methoxy groups -OCH3 is 1. The molecule has 138 valence electrons. The Morgan fingerprint density at radius 2 is 1.81 bits per heavy atom. The Balaban J connectivity index is 1.63. The third-order valence-electron chi connectivity index (χ3n) is 3.72. The number of nitrogens with zero attached hydrogens (tertiary/aromatic N) is 2. The van der Waals surface area contributed by atoms with Gasteiger partial charge in [-0.2, -0.15) is 0 Å². The second kappa shape index (κ2) is 10.7. The van der Waals surface area contributed by atoms with Crippen molar-refractivity contribution in [3.05, 3.63) is 59.9 Å². The van der Waals surface area contributed by atoms with Crippen LogP contribution in [0, 0.1) is 0 Å². The molecular formula is C19H25N5O2. The van der Waals surface area contributed by atoms with Crippen molar-refractivity contribution in [1.82, 2.24) is 20.9 Å². The second-order valence-corrected chi connectivity index (χ2v) is 5.52. The van der Waals surface area contributed by atoms with E-state index in [0.29, 0.717) is 24.6 Å². The van der Waals surface area contributed by atoms with Gasteiger partial charge in [-0.1, -0.05) is 12.1 Å². The molecule has 26 heavy (non-hydrogen) atoms. The Morgan fingerprint density at radius 1 is 1.08 bits per heavy atom. The molecule has 3 N–H and O–H groups in total. The lowest BCUT2D eigenvalue weighted by molar-refractivity contribution is 0.0954. The number of carbonyl (C=O) groups excluding carboxylic acids is 1. The zero-order valence-corrected chi connectivity index (χ0v) is 15.2. The maximum Gasteiger partial charge on any atom is 0.252 e. The van der Waals surface area contributed by atoms with Crippen LogP contribution in [0.2, 0.25) is 0 Å². The molecule has 1 aromatic heterocycles. The summed E-state index contributed by atoms with van der Waals surface area (Å²) in [5.41, 5.74) is 1.77. The van der Waals surface area contributed by atoms with E-state index in [1.807, 2.05) is 24.3 Å². The molecule has 0 fully saturated rings. The van der Waals surface area contributed by atoms with Gasteiger partial charge in [0, 0.05) is 39.1 Å². The van der Waals surface area contributed by atoms with Crippen LogP contribution in [0.25, 0.3) is 0 Å². The van der Waals surface area contributed by atoms with Crippen molar-refractivity contribution >= 4 is 11.9 Å². The van der Waals surface area contributed by atoms with Gasteiger partial charge in [0.15, 0.2) is 5.96 Å². The van der Waals surface area contributed by atoms with Gasteiger partial charge in [-0.05, 0) is 36.2 Å². The molecule has 2 aromatic rings. The smallest absolute Gasteiger partial charge is 0.252 e. The Kier molecular flexibility index (Phi) is 7.92. The lowest BCUT2D eigenvalue weighted by Gasteiger charge is -2.12. The first kappa shape index (κ1) is 19.2. The van der Waals surface area contributed by atoms with Gasteiger partial charge in [-0.3, -0.25) is 14.8 Å². The Bertz CT molecular complexity index is 702. The molecule has 2 rings (SSSR count). The molecule has 0 aliphatic rings. The van der Waals surface area contributed by atoms with Gasteiger partial charge in [-0.15, -0.1) is 0 Å². The van der Waals surface area contributed by atoms with Crippen molar-refractivity contribution in [1.29, 1.82) is 0 Å². The fraction of sp³-hybridized carbons (Fsp3) is 0.316. The number of aliphatic imine (C=N–C) groups is 1. The van der Waals surface area contributed by atoms with Crippen molar-refractivity contribution in [2.24, 2.45) is 4.99 Å². The van der Waals surface area contributed by atoms with Gasteiger partial charge in [0.1, 0.15) is 5.75 Å². The minimum absolute atomic E-state index is 0.137. The van der Waals surface area contributed by atoms with Crippen molar-refractivity contribution in [3.63, 3.8) is 0 Å². The van der Waals surface area contributed by atoms with Crippen molar-refractivity contribution < 1.29 is 9.53 Å². The maximum atomic E-state index is 11.9. The zero-order valence-electron chi connectivity index (χ0n) is 15.2. The van der Waals surface area contributed by atoms with Crippen LogP contribution in [0.15, 0.2) is 53.8 Å². The zero-order chi connectivity index (χ0) is 18.6. The summed E-state index contributed by atoms with van der Waals surface area (Å²) >= 11 is 0. The van der Waals surface area contributed by atoms with Crippen molar-refractivity contribution in [3.8, 4) is 5.75 Å². The van der Waals surface area contributed by atoms with E-state index in [-0.39, 0.29) is 5.91 Å². The predicted molar refractivity (Wildman–Crippen MR) is 103 cm³/mol. The fourth-order valence-electron chi connectivity index (χ4n) is 2.29. The highest BCUT2D eigenvalue weighted by molar-refractivity contribution is 5.93. The van der Waals surface area contributed by atoms with Crippen molar-refractivity contribution in [2.45, 2.75) is 6.42 Å². The first-order chi connectivity index (χ1) is 12.7. The summed E-state index contributed by atoms with van der Waals surface area (Å²) in [6.07, 6.45) is 4.06. The van der Waals surface area contributed by atoms with Crippen LogP contribution in [0.5, 0.6) is 5.75 Å². The maximum absolute atomic E-state index is 11.9. The van der Waals surface area contributed by atoms with E-state index in [9.17, 15) is 4.79 Å². The topological polar surface area (TPSA) is 87.6 Å². The van der Waals surface area contributed by atoms with Gasteiger partial charge in [0.25, 0.3) is 5.91 Å². The van der Waals surface area contributed by atoms with Crippen LogP contribution in [-0.4, -0.2) is 50.6 Å². The molecule has 0 aliphatic heterocycles. The lowest BCUT2D eigenvalue weighted by atomic mass is 10.1. The number of carbonyl (C=O) groups is 1. The van der Waals surface area contributed by atoms with Gasteiger partial charge >= 0.3 is 0 Å². The summed E-state index contributed by atoms with van der Waals surface area (Å²) in [7, 11) is 3.38. The van der Waals surface area contributed by atoms with E-state index in [0.717, 1.165) is 18.7 Å². The molecular weight excluding hydrogens is 330 g/mol. The fourth-order valence-corrected chi connectivity index (χ4v) is 2.29. The van der Waals surface area contributed by atoms with Crippen LogP contribution >= 0.6 is 0 Å². The number of pyridine rings is 1. The Morgan fingerprint density at radius 3 is 2.46 bits per heavy atom. The van der Waals surface area contributed by atoms with E-state index < -0.39 is 0 Å². The second-order valence-electron chi connectivity index (χ2n) is 5.52. The standard InChI is InChI=1S/C19H25N5O2/c1-20-19(23-11-9-15-5-7-17(26-2)8-6-15)24-13-12-22-18(25)16-4-3-10-21-14-16/h3-8,10,14H,9,11-13H2,1-2H3,(H,22,25)(H2,20,23,24). The predicted octanol–water partition coefficient (Wildman–Crippen LogP) is 1.23. The van der Waals surface area contributed by atoms with E-state index >= 15 is 0 Å². The number of benzene rings is 1. The molecule has 0 unspecified atom stereocenters. The average Bonchev–Trinajstić information content (AvgIpc) is 2.70. The molecule has 0 aliphatic carbocycles. The number of amides is 1. The Hall–Kier alpha value is -3.09. The molecule has 7 nitrogen and oxygen atoms in total. The van der Waals surface area contributed by atoms with Crippen LogP contribution in [0.1, 0.15) is 15.9 Å². The van der Waals surface area contributed by atoms with E-state index in [1.54, 1.807) is 38.7 Å². The van der Waals surface area contributed by atoms with Crippen LogP contribution in [0.4, 0.5) is 0 Å². The number of aromatic nitrogens is 1. The number of nitrogens with one attached hydrogen (secondary N) is 3. The molecule has 1 heterocycles. The third kappa shape index (κ3) is 6.43. The number of hydrogen-bond acceptors (Lipinski definition) is 4. The number of rotatable bonds is 8. The summed E-state index contributed by atoms with van der Waals surface area (Å²) in [6, 6.07) is 11.5. The summed E-state index contributed by atoms with van der Waals surface area (Å²) in [4.78, 5) is 20.0. The molecule has 0 saturated heterocycles. The first-order valence-electron chi connectivity index (χ1n) is 8.48. The van der Waals surface area contributed by atoms with E-state index in [1.165, 1.54) is 5.56 Å². The van der Waals surface area contributed by atoms with Crippen LogP contribution in [-0.2, 0) is 6.42 Å². The molecule has 0 bridgehead atoms. The minimum atomic E-state index is -0.137. The molecule has 0 saturated carbocycles. The highest BCUT2D eigenvalue weighted by Crippen LogP contribution is 2.11. The van der Waals surface area contributed by atoms with Gasteiger partial charge in [0.05, 0.1) is 12.7 Å². The molecule has 0 atom stereocenters. The van der Waals surface area contributed by atoms with Crippen LogP contribution < -0.4 is 20.7 Å².